The molecule has 0 heterocycles. The largest absolute Gasteiger partial charge is 0.479 e. The van der Waals surface area contributed by atoms with E-state index >= 15 is 0 Å². The number of aliphatic carboxylic acids is 1. The van der Waals surface area contributed by atoms with Gasteiger partial charge < -0.3 is 10.4 Å². The Bertz CT molecular complexity index is 566. The smallest absolute Gasteiger partial charge is 0.343 e. The molecule has 1 aromatic rings. The Morgan fingerprint density at radius 1 is 1.26 bits per heavy atom. The van der Waals surface area contributed by atoms with Crippen molar-refractivity contribution in [2.75, 3.05) is 18.2 Å². The SMILES string of the molecule is CS(=O)(=O)c1ccc(NC(=O)NOCC(=O)O)cc1. The summed E-state index contributed by atoms with van der Waals surface area (Å²) in [5, 5.41) is 10.6. The van der Waals surface area contributed by atoms with Gasteiger partial charge in [-0.05, 0) is 24.3 Å². The predicted molar refractivity (Wildman–Crippen MR) is 65.3 cm³/mol. The van der Waals surface area contributed by atoms with Crippen LogP contribution in [-0.4, -0.2) is 38.4 Å². The van der Waals surface area contributed by atoms with Crippen LogP contribution >= 0.6 is 0 Å². The zero-order chi connectivity index (χ0) is 14.5. The molecular weight excluding hydrogens is 276 g/mol. The molecule has 0 atom stereocenters. The molecule has 2 amide bonds. The maximum Gasteiger partial charge on any atom is 0.343 e. The molecule has 3 N–H and O–H groups in total. The number of carbonyl (C=O) groups excluding carboxylic acids is 1. The number of rotatable bonds is 5. The average molecular weight is 288 g/mol. The first kappa shape index (κ1) is 14.9. The third kappa shape index (κ3) is 5.36. The first-order valence-corrected chi connectivity index (χ1v) is 6.89. The lowest BCUT2D eigenvalue weighted by Gasteiger charge is -2.07. The Morgan fingerprint density at radius 3 is 2.32 bits per heavy atom. The first-order valence-electron chi connectivity index (χ1n) is 5.00. The minimum Gasteiger partial charge on any atom is -0.479 e. The van der Waals surface area contributed by atoms with Crippen molar-refractivity contribution in [1.29, 1.82) is 0 Å². The number of anilines is 1. The van der Waals surface area contributed by atoms with Gasteiger partial charge in [0.05, 0.1) is 4.90 Å². The topological polar surface area (TPSA) is 122 Å². The van der Waals surface area contributed by atoms with Crippen LogP contribution in [-0.2, 0) is 19.5 Å². The predicted octanol–water partition coefficient (Wildman–Crippen LogP) is 0.228. The van der Waals surface area contributed by atoms with Crippen LogP contribution in [0.3, 0.4) is 0 Å². The normalized spacial score (nSPS) is 10.8. The van der Waals surface area contributed by atoms with Crippen LogP contribution in [0.15, 0.2) is 29.2 Å². The fourth-order valence-electron chi connectivity index (χ4n) is 1.11. The number of hydroxylamine groups is 1. The second-order valence-corrected chi connectivity index (χ2v) is 5.55. The number of carboxylic acid groups (broad SMARTS) is 1. The number of carboxylic acids is 1. The van der Waals surface area contributed by atoms with Crippen molar-refractivity contribution in [2.24, 2.45) is 0 Å². The van der Waals surface area contributed by atoms with Gasteiger partial charge in [-0.3, -0.25) is 4.84 Å². The molecule has 0 fully saturated rings. The van der Waals surface area contributed by atoms with E-state index < -0.39 is 28.4 Å². The number of benzene rings is 1. The monoisotopic (exact) mass is 288 g/mol. The lowest BCUT2D eigenvalue weighted by atomic mass is 10.3. The number of hydrogen-bond donors (Lipinski definition) is 3. The highest BCUT2D eigenvalue weighted by atomic mass is 32.2. The number of amides is 2. The number of nitrogens with one attached hydrogen (secondary N) is 2. The van der Waals surface area contributed by atoms with Crippen molar-refractivity contribution >= 4 is 27.5 Å². The second kappa shape index (κ2) is 6.16. The molecule has 0 spiro atoms. The van der Waals surface area contributed by atoms with Crippen LogP contribution < -0.4 is 10.8 Å². The summed E-state index contributed by atoms with van der Waals surface area (Å²) in [6.07, 6.45) is 1.07. The van der Waals surface area contributed by atoms with Crippen molar-refractivity contribution in [3.63, 3.8) is 0 Å². The quantitative estimate of drug-likeness (QED) is 0.667. The standard InChI is InChI=1S/C10H12N2O6S/c1-19(16,17)8-4-2-7(3-5-8)11-10(15)12-18-6-9(13)14/h2-5H,6H2,1H3,(H,13,14)(H2,11,12,15). The second-order valence-electron chi connectivity index (χ2n) is 3.54. The summed E-state index contributed by atoms with van der Waals surface area (Å²) < 4.78 is 22.4. The molecule has 0 unspecified atom stereocenters. The molecule has 19 heavy (non-hydrogen) atoms. The first-order chi connectivity index (χ1) is 8.79. The molecule has 9 heteroatoms. The van der Waals surface area contributed by atoms with E-state index in [4.69, 9.17) is 5.11 Å². The Balaban J connectivity index is 2.54. The molecule has 0 saturated carbocycles. The number of sulfone groups is 1. The average Bonchev–Trinajstić information content (AvgIpc) is 2.27. The molecule has 8 nitrogen and oxygen atoms in total. The molecule has 1 aromatic carbocycles. The Hall–Kier alpha value is -2.13. The van der Waals surface area contributed by atoms with E-state index in [1.807, 2.05) is 5.48 Å². The molecule has 0 bridgehead atoms. The van der Waals surface area contributed by atoms with Gasteiger partial charge in [-0.25, -0.2) is 23.5 Å². The van der Waals surface area contributed by atoms with Crippen LogP contribution in [0.4, 0.5) is 10.5 Å². The van der Waals surface area contributed by atoms with Gasteiger partial charge >= 0.3 is 12.0 Å². The summed E-state index contributed by atoms with van der Waals surface area (Å²) in [6, 6.07) is 4.69. The highest BCUT2D eigenvalue weighted by molar-refractivity contribution is 7.90. The summed E-state index contributed by atoms with van der Waals surface area (Å²) in [5.74, 6) is -1.22. The fraction of sp³-hybridized carbons (Fsp3) is 0.200. The molecule has 0 saturated heterocycles. The number of carbonyl (C=O) groups is 2. The van der Waals surface area contributed by atoms with E-state index in [0.29, 0.717) is 5.69 Å². The lowest BCUT2D eigenvalue weighted by molar-refractivity contribution is -0.143. The summed E-state index contributed by atoms with van der Waals surface area (Å²) >= 11 is 0. The van der Waals surface area contributed by atoms with Crippen LogP contribution in [0, 0.1) is 0 Å². The molecule has 1 rings (SSSR count). The Morgan fingerprint density at radius 2 is 1.84 bits per heavy atom. The van der Waals surface area contributed by atoms with Crippen LogP contribution in [0.5, 0.6) is 0 Å². The molecule has 104 valence electrons. The maximum absolute atomic E-state index is 11.2. The minimum atomic E-state index is -3.29. The van der Waals surface area contributed by atoms with E-state index in [1.165, 1.54) is 24.3 Å². The van der Waals surface area contributed by atoms with E-state index in [9.17, 15) is 18.0 Å². The maximum atomic E-state index is 11.2. The van der Waals surface area contributed by atoms with Gasteiger partial charge in [-0.1, -0.05) is 0 Å². The summed E-state index contributed by atoms with van der Waals surface area (Å²) in [5.41, 5.74) is 2.20. The summed E-state index contributed by atoms with van der Waals surface area (Å²) in [7, 11) is -3.29. The van der Waals surface area contributed by atoms with Gasteiger partial charge in [-0.15, -0.1) is 0 Å². The lowest BCUT2D eigenvalue weighted by Crippen LogP contribution is -2.30. The zero-order valence-electron chi connectivity index (χ0n) is 9.91. The van der Waals surface area contributed by atoms with Crippen molar-refractivity contribution in [3.05, 3.63) is 24.3 Å². The van der Waals surface area contributed by atoms with E-state index in [0.717, 1.165) is 6.26 Å². The molecular formula is C10H12N2O6S. The molecule has 0 aliphatic heterocycles. The van der Waals surface area contributed by atoms with E-state index in [1.54, 1.807) is 0 Å². The summed E-state index contributed by atoms with van der Waals surface area (Å²) in [6.45, 7) is -0.666. The zero-order valence-corrected chi connectivity index (χ0v) is 10.7. The van der Waals surface area contributed by atoms with Crippen LogP contribution in [0.1, 0.15) is 0 Å². The fourth-order valence-corrected chi connectivity index (χ4v) is 1.74. The van der Waals surface area contributed by atoms with Crippen LogP contribution in [0.25, 0.3) is 0 Å². The van der Waals surface area contributed by atoms with E-state index in [-0.39, 0.29) is 4.90 Å². The number of urea groups is 1. The minimum absolute atomic E-state index is 0.126. The van der Waals surface area contributed by atoms with E-state index in [2.05, 4.69) is 10.2 Å². The highest BCUT2D eigenvalue weighted by Crippen LogP contribution is 2.13. The summed E-state index contributed by atoms with van der Waals surface area (Å²) in [4.78, 5) is 25.8. The van der Waals surface area contributed by atoms with Gasteiger partial charge in [0, 0.05) is 11.9 Å². The van der Waals surface area contributed by atoms with Crippen molar-refractivity contribution in [1.82, 2.24) is 5.48 Å². The van der Waals surface area contributed by atoms with Crippen LogP contribution in [0.2, 0.25) is 0 Å². The third-order valence-electron chi connectivity index (χ3n) is 1.90. The van der Waals surface area contributed by atoms with Gasteiger partial charge in [0.15, 0.2) is 16.4 Å². The van der Waals surface area contributed by atoms with Crippen molar-refractivity contribution < 1.29 is 28.0 Å². The highest BCUT2D eigenvalue weighted by Gasteiger charge is 2.07. The molecule has 0 aliphatic rings. The Labute approximate surface area is 109 Å². The number of hydrogen-bond acceptors (Lipinski definition) is 5. The van der Waals surface area contributed by atoms with Gasteiger partial charge in [0.25, 0.3) is 0 Å². The third-order valence-corrected chi connectivity index (χ3v) is 3.03. The Kier molecular flexibility index (Phi) is 4.84. The molecule has 0 aliphatic carbocycles. The van der Waals surface area contributed by atoms with Gasteiger partial charge in [0.2, 0.25) is 0 Å². The van der Waals surface area contributed by atoms with Crippen molar-refractivity contribution in [3.8, 4) is 0 Å². The molecule has 0 aromatic heterocycles. The van der Waals surface area contributed by atoms with Crippen molar-refractivity contribution in [2.45, 2.75) is 4.90 Å². The van der Waals surface area contributed by atoms with Gasteiger partial charge in [-0.2, -0.15) is 0 Å². The van der Waals surface area contributed by atoms with Gasteiger partial charge in [0.1, 0.15) is 0 Å². The molecule has 0 radical (unpaired) electrons.